The van der Waals surface area contributed by atoms with Gasteiger partial charge >= 0.3 is 0 Å². The van der Waals surface area contributed by atoms with Gasteiger partial charge in [0.15, 0.2) is 5.58 Å². The third kappa shape index (κ3) is 2.95. The van der Waals surface area contributed by atoms with Gasteiger partial charge in [-0.15, -0.1) is 0 Å². The van der Waals surface area contributed by atoms with E-state index in [9.17, 15) is 8.42 Å². The van der Waals surface area contributed by atoms with Crippen LogP contribution in [-0.2, 0) is 22.2 Å². The van der Waals surface area contributed by atoms with Crippen LogP contribution in [0.5, 0.6) is 0 Å². The molecule has 1 aliphatic carbocycles. The highest BCUT2D eigenvalue weighted by Gasteiger charge is 2.26. The van der Waals surface area contributed by atoms with Crippen molar-refractivity contribution >= 4 is 21.0 Å². The number of hydrogen-bond donors (Lipinski definition) is 1. The summed E-state index contributed by atoms with van der Waals surface area (Å²) in [5, 5.41) is 4.67. The van der Waals surface area contributed by atoms with Crippen LogP contribution in [0.25, 0.3) is 11.0 Å². The lowest BCUT2D eigenvalue weighted by Crippen LogP contribution is -2.32. The van der Waals surface area contributed by atoms with E-state index in [-0.39, 0.29) is 11.8 Å². The first-order chi connectivity index (χ1) is 11.6. The zero-order valence-electron chi connectivity index (χ0n) is 13.1. The molecule has 1 unspecified atom stereocenters. The molecule has 1 aliphatic rings. The molecule has 3 aromatic rings. The molecule has 5 nitrogen and oxygen atoms in total. The van der Waals surface area contributed by atoms with E-state index in [2.05, 4.69) is 15.9 Å². The zero-order valence-corrected chi connectivity index (χ0v) is 13.9. The van der Waals surface area contributed by atoms with E-state index < -0.39 is 10.0 Å². The highest BCUT2D eigenvalue weighted by atomic mass is 32.2. The maximum Gasteiger partial charge on any atom is 0.218 e. The van der Waals surface area contributed by atoms with Crippen molar-refractivity contribution in [2.75, 3.05) is 0 Å². The summed E-state index contributed by atoms with van der Waals surface area (Å²) in [6.07, 6.45) is 2.80. The Labute approximate surface area is 140 Å². The number of nitrogens with one attached hydrogen (secondary N) is 1. The first-order valence-corrected chi connectivity index (χ1v) is 9.69. The first kappa shape index (κ1) is 15.4. The molecule has 24 heavy (non-hydrogen) atoms. The molecule has 0 saturated heterocycles. The van der Waals surface area contributed by atoms with Gasteiger partial charge in [0.1, 0.15) is 11.4 Å². The van der Waals surface area contributed by atoms with Crippen molar-refractivity contribution in [3.8, 4) is 0 Å². The van der Waals surface area contributed by atoms with Crippen LogP contribution in [0.4, 0.5) is 0 Å². The Bertz CT molecular complexity index is 979. The second-order valence-electron chi connectivity index (χ2n) is 6.15. The average molecular weight is 342 g/mol. The molecule has 0 fully saturated rings. The van der Waals surface area contributed by atoms with Crippen molar-refractivity contribution in [1.29, 1.82) is 0 Å². The molecule has 1 heterocycles. The third-order valence-electron chi connectivity index (χ3n) is 4.47. The molecule has 0 aliphatic heterocycles. The van der Waals surface area contributed by atoms with Crippen LogP contribution in [0.2, 0.25) is 0 Å². The van der Waals surface area contributed by atoms with E-state index >= 15 is 0 Å². The van der Waals surface area contributed by atoms with Gasteiger partial charge in [-0.1, -0.05) is 41.6 Å². The molecule has 1 N–H and O–H groups in total. The molecular formula is C18H18N2O3S. The number of aromatic nitrogens is 1. The number of benzene rings is 2. The van der Waals surface area contributed by atoms with Crippen molar-refractivity contribution in [3.63, 3.8) is 0 Å². The number of rotatable bonds is 4. The summed E-state index contributed by atoms with van der Waals surface area (Å²) in [6.45, 7) is 0. The van der Waals surface area contributed by atoms with E-state index in [1.807, 2.05) is 36.4 Å². The van der Waals surface area contributed by atoms with Crippen molar-refractivity contribution < 1.29 is 12.9 Å². The van der Waals surface area contributed by atoms with E-state index in [1.54, 1.807) is 6.07 Å². The van der Waals surface area contributed by atoms with Gasteiger partial charge < -0.3 is 4.52 Å². The second kappa shape index (κ2) is 6.03. The van der Waals surface area contributed by atoms with Gasteiger partial charge in [0, 0.05) is 11.4 Å². The molecule has 0 saturated carbocycles. The Hall–Kier alpha value is -2.18. The minimum absolute atomic E-state index is 0.168. The SMILES string of the molecule is O=S(=O)(Cc1noc2ccccc12)NC1CCCc2ccccc21. The fraction of sp³-hybridized carbons (Fsp3) is 0.278. The number of fused-ring (bicyclic) bond motifs is 2. The molecule has 1 aromatic heterocycles. The summed E-state index contributed by atoms with van der Waals surface area (Å²) in [6, 6.07) is 15.2. The number of nitrogens with zero attached hydrogens (tertiary/aromatic N) is 1. The summed E-state index contributed by atoms with van der Waals surface area (Å²) in [4.78, 5) is 0. The lowest BCUT2D eigenvalue weighted by molar-refractivity contribution is 0.447. The molecule has 2 aromatic carbocycles. The molecule has 124 valence electrons. The maximum absolute atomic E-state index is 12.6. The minimum atomic E-state index is -3.51. The Balaban J connectivity index is 1.58. The molecule has 0 amide bonds. The standard InChI is InChI=1S/C18H18N2O3S/c21-24(22,12-17-15-9-3-4-11-18(15)23-19-17)20-16-10-5-7-13-6-1-2-8-14(13)16/h1-4,6,8-9,11,16,20H,5,7,10,12H2. The van der Waals surface area contributed by atoms with Crippen LogP contribution in [0.15, 0.2) is 53.1 Å². The molecular weight excluding hydrogens is 324 g/mol. The summed E-state index contributed by atoms with van der Waals surface area (Å²) in [5.41, 5.74) is 3.36. The Morgan fingerprint density at radius 1 is 1.12 bits per heavy atom. The zero-order chi connectivity index (χ0) is 16.6. The molecule has 0 spiro atoms. The lowest BCUT2D eigenvalue weighted by Gasteiger charge is -2.26. The third-order valence-corrected chi connectivity index (χ3v) is 5.77. The smallest absolute Gasteiger partial charge is 0.218 e. The first-order valence-electron chi connectivity index (χ1n) is 8.03. The molecule has 0 radical (unpaired) electrons. The van der Waals surface area contributed by atoms with Crippen molar-refractivity contribution in [1.82, 2.24) is 9.88 Å². The van der Waals surface area contributed by atoms with E-state index in [1.165, 1.54) is 5.56 Å². The van der Waals surface area contributed by atoms with Crippen molar-refractivity contribution in [2.45, 2.75) is 31.1 Å². The summed E-state index contributed by atoms with van der Waals surface area (Å²) >= 11 is 0. The number of aryl methyl sites for hydroxylation is 1. The van der Waals surface area contributed by atoms with Crippen molar-refractivity contribution in [3.05, 3.63) is 65.4 Å². The topological polar surface area (TPSA) is 72.2 Å². The monoisotopic (exact) mass is 342 g/mol. The summed E-state index contributed by atoms with van der Waals surface area (Å²) in [5.74, 6) is -0.178. The van der Waals surface area contributed by atoms with E-state index in [0.717, 1.165) is 30.2 Å². The number of para-hydroxylation sites is 1. The van der Waals surface area contributed by atoms with Gasteiger partial charge in [0.25, 0.3) is 0 Å². The van der Waals surface area contributed by atoms with Crippen LogP contribution >= 0.6 is 0 Å². The maximum atomic E-state index is 12.6. The van der Waals surface area contributed by atoms with Gasteiger partial charge in [-0.25, -0.2) is 13.1 Å². The van der Waals surface area contributed by atoms with Gasteiger partial charge in [0.2, 0.25) is 10.0 Å². The van der Waals surface area contributed by atoms with Gasteiger partial charge in [0.05, 0.1) is 0 Å². The molecule has 1 atom stereocenters. The molecule has 0 bridgehead atoms. The second-order valence-corrected chi connectivity index (χ2v) is 7.90. The van der Waals surface area contributed by atoms with E-state index in [4.69, 9.17) is 4.52 Å². The average Bonchev–Trinajstić information content (AvgIpc) is 2.97. The van der Waals surface area contributed by atoms with E-state index in [0.29, 0.717) is 11.3 Å². The molecule has 4 rings (SSSR count). The normalized spacial score (nSPS) is 17.8. The van der Waals surface area contributed by atoms with Gasteiger partial charge in [-0.3, -0.25) is 0 Å². The van der Waals surface area contributed by atoms with Gasteiger partial charge in [-0.2, -0.15) is 0 Å². The largest absolute Gasteiger partial charge is 0.356 e. The fourth-order valence-electron chi connectivity index (χ4n) is 3.36. The summed E-state index contributed by atoms with van der Waals surface area (Å²) < 4.78 is 33.3. The predicted molar refractivity (Wildman–Crippen MR) is 91.9 cm³/mol. The number of sulfonamides is 1. The van der Waals surface area contributed by atoms with Gasteiger partial charge in [-0.05, 0) is 42.5 Å². The highest BCUT2D eigenvalue weighted by molar-refractivity contribution is 7.88. The van der Waals surface area contributed by atoms with Crippen LogP contribution in [-0.4, -0.2) is 13.6 Å². The summed E-state index contributed by atoms with van der Waals surface area (Å²) in [7, 11) is -3.51. The predicted octanol–water partition coefficient (Wildman–Crippen LogP) is 3.32. The van der Waals surface area contributed by atoms with Crippen molar-refractivity contribution in [2.24, 2.45) is 0 Å². The Morgan fingerprint density at radius 3 is 2.83 bits per heavy atom. The minimum Gasteiger partial charge on any atom is -0.356 e. The highest BCUT2D eigenvalue weighted by Crippen LogP contribution is 2.30. The van der Waals surface area contributed by atoms with Crippen LogP contribution < -0.4 is 4.72 Å². The molecule has 6 heteroatoms. The fourth-order valence-corrected chi connectivity index (χ4v) is 4.69. The Kier molecular flexibility index (Phi) is 3.86. The van der Waals surface area contributed by atoms with Crippen LogP contribution in [0.1, 0.15) is 35.7 Å². The quantitative estimate of drug-likeness (QED) is 0.789. The number of hydrogen-bond acceptors (Lipinski definition) is 4. The van der Waals surface area contributed by atoms with Crippen LogP contribution in [0, 0.1) is 0 Å². The Morgan fingerprint density at radius 2 is 1.92 bits per heavy atom. The van der Waals surface area contributed by atoms with Crippen LogP contribution in [0.3, 0.4) is 0 Å². The lowest BCUT2D eigenvalue weighted by atomic mass is 9.88.